The van der Waals surface area contributed by atoms with Crippen molar-refractivity contribution >= 4 is 11.8 Å². The molecule has 1 aromatic carbocycles. The van der Waals surface area contributed by atoms with E-state index in [1.54, 1.807) is 12.1 Å². The van der Waals surface area contributed by atoms with Crippen LogP contribution in [-0.4, -0.2) is 37.1 Å². The summed E-state index contributed by atoms with van der Waals surface area (Å²) >= 11 is 0. The Hall–Kier alpha value is -3.11. The van der Waals surface area contributed by atoms with Crippen LogP contribution >= 0.6 is 0 Å². The van der Waals surface area contributed by atoms with Gasteiger partial charge in [0, 0.05) is 25.8 Å². The van der Waals surface area contributed by atoms with Gasteiger partial charge in [-0.05, 0) is 29.8 Å². The number of halogens is 5. The maximum Gasteiger partial charge on any atom is 0.419 e. The van der Waals surface area contributed by atoms with Gasteiger partial charge in [0.05, 0.1) is 5.56 Å². The van der Waals surface area contributed by atoms with Gasteiger partial charge in [0.15, 0.2) is 0 Å². The minimum absolute atomic E-state index is 0.0322. The Bertz CT molecular complexity index is 802. The predicted octanol–water partition coefficient (Wildman–Crippen LogP) is 3.66. The van der Waals surface area contributed by atoms with Crippen molar-refractivity contribution in [3.8, 4) is 5.75 Å². The highest BCUT2D eigenvalue weighted by Gasteiger charge is 2.33. The molecule has 0 fully saturated rings. The molecule has 2 rings (SSSR count). The van der Waals surface area contributed by atoms with E-state index in [-0.39, 0.29) is 31.2 Å². The van der Waals surface area contributed by atoms with E-state index in [0.29, 0.717) is 5.56 Å². The number of nitrogens with zero attached hydrogens (tertiary/aromatic N) is 1. The lowest BCUT2D eigenvalue weighted by Crippen LogP contribution is -2.37. The van der Waals surface area contributed by atoms with E-state index in [0.717, 1.165) is 6.07 Å². The average Bonchev–Trinajstić information content (AvgIpc) is 2.68. The Morgan fingerprint density at radius 1 is 1.10 bits per heavy atom. The van der Waals surface area contributed by atoms with E-state index in [2.05, 4.69) is 20.9 Å². The van der Waals surface area contributed by atoms with Crippen LogP contribution in [-0.2, 0) is 12.7 Å². The summed E-state index contributed by atoms with van der Waals surface area (Å²) < 4.78 is 67.8. The maximum absolute atomic E-state index is 12.9. The van der Waals surface area contributed by atoms with E-state index < -0.39 is 30.8 Å². The van der Waals surface area contributed by atoms with Crippen LogP contribution in [0.5, 0.6) is 5.75 Å². The summed E-state index contributed by atoms with van der Waals surface area (Å²) in [6.07, 6.45) is -5.89. The zero-order valence-corrected chi connectivity index (χ0v) is 15.1. The molecule has 1 heterocycles. The van der Waals surface area contributed by atoms with Crippen molar-refractivity contribution in [2.24, 2.45) is 0 Å². The number of alkyl halides is 5. The smallest absolute Gasteiger partial charge is 0.419 e. The third-order valence-corrected chi connectivity index (χ3v) is 3.54. The standard InChI is InChI=1S/C18H19F5N4O2/c19-15(20)11-29-13-4-1-3-12(9-13)10-27-17(28)26-8-7-25-16-14(18(21,22)23)5-2-6-24-16/h1-6,9,15H,7-8,10-11H2,(H,24,25)(H2,26,27,28). The molecule has 0 unspecified atom stereocenters. The zero-order chi connectivity index (χ0) is 21.3. The van der Waals surface area contributed by atoms with Crippen LogP contribution in [0.15, 0.2) is 42.6 Å². The number of hydrogen-bond acceptors (Lipinski definition) is 4. The molecule has 29 heavy (non-hydrogen) atoms. The first-order valence-electron chi connectivity index (χ1n) is 8.53. The van der Waals surface area contributed by atoms with E-state index >= 15 is 0 Å². The lowest BCUT2D eigenvalue weighted by molar-refractivity contribution is -0.137. The highest BCUT2D eigenvalue weighted by molar-refractivity contribution is 5.73. The molecule has 0 aliphatic carbocycles. The normalized spacial score (nSPS) is 11.2. The molecular weight excluding hydrogens is 399 g/mol. The number of amides is 2. The van der Waals surface area contributed by atoms with Crippen LogP contribution in [0, 0.1) is 0 Å². The first kappa shape index (κ1) is 22.2. The van der Waals surface area contributed by atoms with Crippen molar-refractivity contribution in [1.29, 1.82) is 0 Å². The van der Waals surface area contributed by atoms with Crippen LogP contribution in [0.4, 0.5) is 32.6 Å². The second kappa shape index (κ2) is 10.4. The second-order valence-corrected chi connectivity index (χ2v) is 5.78. The molecule has 0 radical (unpaired) electrons. The topological polar surface area (TPSA) is 75.3 Å². The number of benzene rings is 1. The van der Waals surface area contributed by atoms with Gasteiger partial charge in [-0.15, -0.1) is 0 Å². The van der Waals surface area contributed by atoms with Gasteiger partial charge in [0.2, 0.25) is 0 Å². The van der Waals surface area contributed by atoms with Crippen molar-refractivity contribution in [2.75, 3.05) is 25.0 Å². The number of anilines is 1. The van der Waals surface area contributed by atoms with Gasteiger partial charge in [0.25, 0.3) is 6.43 Å². The predicted molar refractivity (Wildman–Crippen MR) is 95.9 cm³/mol. The van der Waals surface area contributed by atoms with Crippen molar-refractivity contribution in [2.45, 2.75) is 19.1 Å². The number of hydrogen-bond donors (Lipinski definition) is 3. The Morgan fingerprint density at radius 2 is 1.90 bits per heavy atom. The lowest BCUT2D eigenvalue weighted by atomic mass is 10.2. The van der Waals surface area contributed by atoms with E-state index in [1.165, 1.54) is 24.4 Å². The summed E-state index contributed by atoms with van der Waals surface area (Å²) in [5.41, 5.74) is -0.258. The fourth-order valence-corrected chi connectivity index (χ4v) is 2.28. The number of aromatic nitrogens is 1. The van der Waals surface area contributed by atoms with Gasteiger partial charge in [-0.25, -0.2) is 18.6 Å². The van der Waals surface area contributed by atoms with Crippen LogP contribution < -0.4 is 20.7 Å². The summed E-state index contributed by atoms with van der Waals surface area (Å²) in [6.45, 7) is -0.526. The van der Waals surface area contributed by atoms with Gasteiger partial charge in [0.1, 0.15) is 18.2 Å². The van der Waals surface area contributed by atoms with Crippen molar-refractivity contribution in [3.05, 3.63) is 53.7 Å². The zero-order valence-electron chi connectivity index (χ0n) is 15.1. The summed E-state index contributed by atoms with van der Waals surface area (Å²) in [5, 5.41) is 7.56. The number of carbonyl (C=O) groups is 1. The summed E-state index contributed by atoms with van der Waals surface area (Å²) in [5.74, 6) is -0.0622. The molecule has 3 N–H and O–H groups in total. The van der Waals surface area contributed by atoms with Gasteiger partial charge < -0.3 is 20.7 Å². The number of urea groups is 1. The number of rotatable bonds is 9. The highest BCUT2D eigenvalue weighted by atomic mass is 19.4. The lowest BCUT2D eigenvalue weighted by Gasteiger charge is -2.13. The molecule has 1 aromatic heterocycles. The van der Waals surface area contributed by atoms with Crippen LogP contribution in [0.25, 0.3) is 0 Å². The minimum Gasteiger partial charge on any atom is -0.488 e. The van der Waals surface area contributed by atoms with Gasteiger partial charge in [-0.2, -0.15) is 13.2 Å². The Labute approximate surface area is 163 Å². The SMILES string of the molecule is O=C(NCCNc1ncccc1C(F)(F)F)NCc1cccc(OCC(F)F)c1. The minimum atomic E-state index is -4.53. The number of nitrogens with one attached hydrogen (secondary N) is 3. The molecule has 0 aliphatic rings. The molecule has 0 spiro atoms. The Balaban J connectivity index is 1.73. The van der Waals surface area contributed by atoms with Crippen LogP contribution in [0.3, 0.4) is 0 Å². The van der Waals surface area contributed by atoms with E-state index in [4.69, 9.17) is 4.74 Å². The third-order valence-electron chi connectivity index (χ3n) is 3.54. The van der Waals surface area contributed by atoms with Crippen molar-refractivity contribution in [1.82, 2.24) is 15.6 Å². The molecule has 0 bridgehead atoms. The summed E-state index contributed by atoms with van der Waals surface area (Å²) in [6, 6.07) is 7.88. The molecule has 6 nitrogen and oxygen atoms in total. The van der Waals surface area contributed by atoms with E-state index in [9.17, 15) is 26.7 Å². The largest absolute Gasteiger partial charge is 0.488 e. The summed E-state index contributed by atoms with van der Waals surface area (Å²) in [4.78, 5) is 15.4. The fourth-order valence-electron chi connectivity index (χ4n) is 2.28. The monoisotopic (exact) mass is 418 g/mol. The van der Waals surface area contributed by atoms with Gasteiger partial charge in [-0.1, -0.05) is 12.1 Å². The average molecular weight is 418 g/mol. The number of carbonyl (C=O) groups excluding carboxylic acids is 1. The molecule has 158 valence electrons. The molecule has 11 heteroatoms. The Kier molecular flexibility index (Phi) is 7.98. The first-order chi connectivity index (χ1) is 13.8. The fraction of sp³-hybridized carbons (Fsp3) is 0.333. The molecule has 0 saturated heterocycles. The highest BCUT2D eigenvalue weighted by Crippen LogP contribution is 2.33. The third kappa shape index (κ3) is 7.80. The molecule has 0 saturated carbocycles. The van der Waals surface area contributed by atoms with Crippen molar-refractivity contribution < 1.29 is 31.5 Å². The second-order valence-electron chi connectivity index (χ2n) is 5.78. The number of pyridine rings is 1. The number of ether oxygens (including phenoxy) is 1. The van der Waals surface area contributed by atoms with Gasteiger partial charge in [-0.3, -0.25) is 0 Å². The van der Waals surface area contributed by atoms with Crippen LogP contribution in [0.2, 0.25) is 0 Å². The Morgan fingerprint density at radius 3 is 2.62 bits per heavy atom. The molecular formula is C18H19F5N4O2. The maximum atomic E-state index is 12.9. The molecule has 2 amide bonds. The summed E-state index contributed by atoms with van der Waals surface area (Å²) in [7, 11) is 0. The molecule has 0 atom stereocenters. The molecule has 2 aromatic rings. The first-order valence-corrected chi connectivity index (χ1v) is 8.53. The van der Waals surface area contributed by atoms with E-state index in [1.807, 2.05) is 0 Å². The van der Waals surface area contributed by atoms with Crippen molar-refractivity contribution in [3.63, 3.8) is 0 Å². The van der Waals surface area contributed by atoms with Gasteiger partial charge >= 0.3 is 12.2 Å². The molecule has 0 aliphatic heterocycles. The van der Waals surface area contributed by atoms with Crippen LogP contribution in [0.1, 0.15) is 11.1 Å². The quantitative estimate of drug-likeness (QED) is 0.429.